The molecule has 0 radical (unpaired) electrons. The molecular formula is C18H23BrClN3O2. The van der Waals surface area contributed by atoms with Crippen LogP contribution in [0.2, 0.25) is 0 Å². The van der Waals surface area contributed by atoms with Gasteiger partial charge in [0.05, 0.1) is 11.6 Å². The molecule has 25 heavy (non-hydrogen) atoms. The maximum Gasteiger partial charge on any atom is 0.228 e. The summed E-state index contributed by atoms with van der Waals surface area (Å²) in [6, 6.07) is 8.68. The third-order valence-electron chi connectivity index (χ3n) is 5.45. The predicted molar refractivity (Wildman–Crippen MR) is 103 cm³/mol. The molecule has 0 saturated carbocycles. The molecule has 7 heteroatoms. The van der Waals surface area contributed by atoms with Crippen molar-refractivity contribution in [3.05, 3.63) is 28.7 Å². The maximum atomic E-state index is 12.9. The number of hydrogen-bond donors (Lipinski definition) is 1. The van der Waals surface area contributed by atoms with Crippen molar-refractivity contribution >= 4 is 45.8 Å². The number of para-hydroxylation sites is 1. The van der Waals surface area contributed by atoms with E-state index in [0.717, 1.165) is 36.1 Å². The van der Waals surface area contributed by atoms with Gasteiger partial charge in [0.1, 0.15) is 0 Å². The summed E-state index contributed by atoms with van der Waals surface area (Å²) < 4.78 is 0.891. The van der Waals surface area contributed by atoms with Gasteiger partial charge in [-0.2, -0.15) is 0 Å². The van der Waals surface area contributed by atoms with Crippen LogP contribution in [0.4, 0.5) is 5.69 Å². The zero-order valence-corrected chi connectivity index (χ0v) is 16.4. The lowest BCUT2D eigenvalue weighted by molar-refractivity contribution is -0.136. The minimum absolute atomic E-state index is 0. The Hall–Kier alpha value is -1.11. The number of anilines is 1. The highest BCUT2D eigenvalue weighted by atomic mass is 79.9. The second kappa shape index (κ2) is 7.64. The van der Waals surface area contributed by atoms with Crippen LogP contribution in [-0.2, 0) is 9.59 Å². The average Bonchev–Trinajstić information content (AvgIpc) is 3.10. The number of fused-ring (bicyclic) bond motifs is 2. The molecule has 3 heterocycles. The van der Waals surface area contributed by atoms with Crippen molar-refractivity contribution in [2.24, 2.45) is 5.92 Å². The topological polar surface area (TPSA) is 52.7 Å². The number of hydrogen-bond acceptors (Lipinski definition) is 3. The fraction of sp³-hybridized carbons (Fsp3) is 0.556. The van der Waals surface area contributed by atoms with E-state index in [2.05, 4.69) is 21.2 Å². The lowest BCUT2D eigenvalue weighted by Crippen LogP contribution is -2.42. The van der Waals surface area contributed by atoms with Gasteiger partial charge < -0.3 is 15.1 Å². The fourth-order valence-electron chi connectivity index (χ4n) is 4.18. The van der Waals surface area contributed by atoms with Crippen LogP contribution in [0.1, 0.15) is 25.7 Å². The molecule has 2 amide bonds. The molecule has 3 saturated heterocycles. The minimum Gasteiger partial charge on any atom is -0.341 e. The van der Waals surface area contributed by atoms with Crippen molar-refractivity contribution in [2.45, 2.75) is 37.8 Å². The Morgan fingerprint density at radius 3 is 2.68 bits per heavy atom. The first-order valence-electron chi connectivity index (χ1n) is 8.71. The first-order valence-corrected chi connectivity index (χ1v) is 9.51. The predicted octanol–water partition coefficient (Wildman–Crippen LogP) is 2.58. The van der Waals surface area contributed by atoms with Gasteiger partial charge in [-0.3, -0.25) is 9.59 Å². The first-order chi connectivity index (χ1) is 11.6. The number of halogens is 2. The van der Waals surface area contributed by atoms with Crippen LogP contribution in [0.15, 0.2) is 28.7 Å². The monoisotopic (exact) mass is 427 g/mol. The Labute approximate surface area is 162 Å². The minimum atomic E-state index is -0.221. The third-order valence-corrected chi connectivity index (χ3v) is 6.12. The Balaban J connectivity index is 0.00000182. The van der Waals surface area contributed by atoms with Gasteiger partial charge in [0.15, 0.2) is 0 Å². The molecule has 0 spiro atoms. The van der Waals surface area contributed by atoms with Crippen LogP contribution >= 0.6 is 28.3 Å². The summed E-state index contributed by atoms with van der Waals surface area (Å²) in [5, 5.41) is 3.60. The zero-order valence-electron chi connectivity index (χ0n) is 14.0. The standard InChI is InChI=1S/C18H22BrN3O2.ClH/c19-15-3-1-2-4-16(15)22-10-12(9-17(22)23)18(24)21-8-7-13-5-6-14(11-21)20-13;/h1-4,12-14,20H,5-11H2;1H. The molecular weight excluding hydrogens is 406 g/mol. The summed E-state index contributed by atoms with van der Waals surface area (Å²) in [6.45, 7) is 2.08. The third kappa shape index (κ3) is 3.71. The van der Waals surface area contributed by atoms with Crippen LogP contribution < -0.4 is 10.2 Å². The van der Waals surface area contributed by atoms with E-state index in [0.29, 0.717) is 25.0 Å². The number of rotatable bonds is 2. The quantitative estimate of drug-likeness (QED) is 0.788. The van der Waals surface area contributed by atoms with Crippen LogP contribution in [0.5, 0.6) is 0 Å². The second-order valence-corrected chi connectivity index (χ2v) is 7.92. The van der Waals surface area contributed by atoms with Crippen LogP contribution in [0.3, 0.4) is 0 Å². The van der Waals surface area contributed by atoms with Crippen molar-refractivity contribution in [3.8, 4) is 0 Å². The number of carbonyl (C=O) groups excluding carboxylic acids is 2. The van der Waals surface area contributed by atoms with E-state index in [9.17, 15) is 9.59 Å². The highest BCUT2D eigenvalue weighted by molar-refractivity contribution is 9.10. The Morgan fingerprint density at radius 2 is 1.88 bits per heavy atom. The summed E-state index contributed by atoms with van der Waals surface area (Å²) in [4.78, 5) is 29.1. The molecule has 5 nitrogen and oxygen atoms in total. The van der Waals surface area contributed by atoms with Gasteiger partial charge >= 0.3 is 0 Å². The second-order valence-electron chi connectivity index (χ2n) is 7.07. The molecule has 1 aromatic rings. The number of likely N-dealkylation sites (tertiary alicyclic amines) is 1. The van der Waals surface area contributed by atoms with Gasteiger partial charge in [-0.15, -0.1) is 12.4 Å². The van der Waals surface area contributed by atoms with Crippen LogP contribution in [0, 0.1) is 5.92 Å². The molecule has 4 rings (SSSR count). The lowest BCUT2D eigenvalue weighted by atomic mass is 10.0. The SMILES string of the molecule is Cl.O=C(C1CC(=O)N(c2ccccc2Br)C1)N1CCC2CCC(C1)N2. The molecule has 3 aliphatic rings. The summed E-state index contributed by atoms with van der Waals surface area (Å²) >= 11 is 3.50. The molecule has 3 unspecified atom stereocenters. The molecule has 3 fully saturated rings. The van der Waals surface area contributed by atoms with Crippen LogP contribution in [-0.4, -0.2) is 48.4 Å². The van der Waals surface area contributed by atoms with Gasteiger partial charge in [-0.05, 0) is 47.3 Å². The summed E-state index contributed by atoms with van der Waals surface area (Å²) in [5.74, 6) is -0.0387. The van der Waals surface area contributed by atoms with Crippen molar-refractivity contribution in [3.63, 3.8) is 0 Å². The molecule has 2 bridgehead atoms. The summed E-state index contributed by atoms with van der Waals surface area (Å²) in [6.07, 6.45) is 3.72. The lowest BCUT2D eigenvalue weighted by Gasteiger charge is -2.27. The molecule has 0 aliphatic carbocycles. The molecule has 0 aromatic heterocycles. The Kier molecular flexibility index (Phi) is 5.71. The smallest absolute Gasteiger partial charge is 0.228 e. The zero-order chi connectivity index (χ0) is 16.7. The molecule has 1 N–H and O–H groups in total. The van der Waals surface area contributed by atoms with E-state index < -0.39 is 0 Å². The van der Waals surface area contributed by atoms with Gasteiger partial charge in [-0.1, -0.05) is 12.1 Å². The van der Waals surface area contributed by atoms with E-state index >= 15 is 0 Å². The largest absolute Gasteiger partial charge is 0.341 e. The number of benzene rings is 1. The van der Waals surface area contributed by atoms with Gasteiger partial charge in [0.2, 0.25) is 11.8 Å². The van der Waals surface area contributed by atoms with Crippen LogP contribution in [0.25, 0.3) is 0 Å². The Morgan fingerprint density at radius 1 is 1.12 bits per heavy atom. The number of nitrogens with one attached hydrogen (secondary N) is 1. The molecule has 136 valence electrons. The van der Waals surface area contributed by atoms with Crippen molar-refractivity contribution in [1.29, 1.82) is 0 Å². The van der Waals surface area contributed by atoms with Crippen molar-refractivity contribution in [2.75, 3.05) is 24.5 Å². The van der Waals surface area contributed by atoms with Gasteiger partial charge in [0.25, 0.3) is 0 Å². The van der Waals surface area contributed by atoms with Gasteiger partial charge in [-0.25, -0.2) is 0 Å². The molecule has 1 aromatic carbocycles. The van der Waals surface area contributed by atoms with Crippen molar-refractivity contribution < 1.29 is 9.59 Å². The number of carbonyl (C=O) groups is 2. The van der Waals surface area contributed by atoms with E-state index in [-0.39, 0.29) is 30.1 Å². The van der Waals surface area contributed by atoms with Crippen molar-refractivity contribution in [1.82, 2.24) is 10.2 Å². The summed E-state index contributed by atoms with van der Waals surface area (Å²) in [7, 11) is 0. The van der Waals surface area contributed by atoms with Gasteiger partial charge in [0, 0.05) is 42.6 Å². The van der Waals surface area contributed by atoms with E-state index in [4.69, 9.17) is 0 Å². The maximum absolute atomic E-state index is 12.9. The highest BCUT2D eigenvalue weighted by Crippen LogP contribution is 2.32. The first kappa shape index (κ1) is 18.7. The average molecular weight is 429 g/mol. The molecule has 3 atom stereocenters. The highest BCUT2D eigenvalue weighted by Gasteiger charge is 2.39. The Bertz CT molecular complexity index is 671. The van der Waals surface area contributed by atoms with E-state index in [1.54, 1.807) is 4.90 Å². The molecule has 3 aliphatic heterocycles. The van der Waals surface area contributed by atoms with E-state index in [1.165, 1.54) is 6.42 Å². The van der Waals surface area contributed by atoms with E-state index in [1.807, 2.05) is 29.2 Å². The fourth-order valence-corrected chi connectivity index (χ4v) is 4.68. The normalized spacial score (nSPS) is 28.7. The summed E-state index contributed by atoms with van der Waals surface area (Å²) in [5.41, 5.74) is 0.856. The number of nitrogens with zero attached hydrogens (tertiary/aromatic N) is 2. The number of amides is 2.